The molecule has 1 aliphatic rings. The number of likely N-dealkylation sites (tertiary alicyclic amines) is 1. The van der Waals surface area contributed by atoms with Crippen molar-refractivity contribution >= 4 is 23.6 Å². The fourth-order valence-electron chi connectivity index (χ4n) is 3.77. The summed E-state index contributed by atoms with van der Waals surface area (Å²) in [5.74, 6) is -1.98. The van der Waals surface area contributed by atoms with E-state index in [1.54, 1.807) is 30.3 Å². The van der Waals surface area contributed by atoms with Gasteiger partial charge in [-0.15, -0.1) is 0 Å². The monoisotopic (exact) mass is 437 g/mol. The third-order valence-electron chi connectivity index (χ3n) is 5.45. The Morgan fingerprint density at radius 2 is 1.62 bits per heavy atom. The van der Waals surface area contributed by atoms with Crippen LogP contribution in [0.25, 0.3) is 0 Å². The molecule has 2 aromatic carbocycles. The molecule has 1 aliphatic heterocycles. The first-order chi connectivity index (χ1) is 15.5. The molecule has 0 radical (unpaired) electrons. The van der Waals surface area contributed by atoms with Gasteiger partial charge in [-0.3, -0.25) is 14.4 Å². The average Bonchev–Trinajstić information content (AvgIpc) is 3.30. The zero-order valence-corrected chi connectivity index (χ0v) is 17.7. The number of carbonyl (C=O) groups excluding carboxylic acids is 3. The summed E-state index contributed by atoms with van der Waals surface area (Å²) < 4.78 is 0. The number of rotatable bonds is 10. The number of Topliss-reactive ketones (excluding diaryl/α,β-unsaturated/α-hetero) is 1. The van der Waals surface area contributed by atoms with Gasteiger partial charge in [-0.1, -0.05) is 48.5 Å². The van der Waals surface area contributed by atoms with Crippen LogP contribution in [0.4, 0.5) is 0 Å². The number of nitrogens with zero attached hydrogens (tertiary/aromatic N) is 1. The van der Waals surface area contributed by atoms with Crippen molar-refractivity contribution in [3.8, 4) is 0 Å². The fourth-order valence-corrected chi connectivity index (χ4v) is 3.77. The minimum Gasteiger partial charge on any atom is -0.480 e. The molecule has 1 saturated heterocycles. The van der Waals surface area contributed by atoms with Gasteiger partial charge in [0.15, 0.2) is 5.78 Å². The van der Waals surface area contributed by atoms with Crippen LogP contribution in [-0.2, 0) is 20.8 Å². The molecule has 1 unspecified atom stereocenters. The van der Waals surface area contributed by atoms with Gasteiger partial charge in [0.2, 0.25) is 5.91 Å². The number of amides is 2. The van der Waals surface area contributed by atoms with Crippen LogP contribution in [-0.4, -0.2) is 65.3 Å². The molecule has 8 nitrogen and oxygen atoms in total. The molecule has 3 rings (SSSR count). The van der Waals surface area contributed by atoms with Crippen molar-refractivity contribution < 1.29 is 24.3 Å². The minimum atomic E-state index is -1.02. The van der Waals surface area contributed by atoms with Crippen LogP contribution in [0.5, 0.6) is 0 Å². The Balaban J connectivity index is 1.59. The van der Waals surface area contributed by atoms with Gasteiger partial charge in [0.25, 0.3) is 5.91 Å². The first kappa shape index (κ1) is 23.1. The van der Waals surface area contributed by atoms with E-state index in [1.165, 1.54) is 4.90 Å². The molecule has 2 atom stereocenters. The number of aliphatic carboxylic acids is 1. The predicted octanol–water partition coefficient (Wildman–Crippen LogP) is 1.26. The second-order valence-corrected chi connectivity index (χ2v) is 7.74. The number of nitrogens with one attached hydrogen (secondary N) is 2. The lowest BCUT2D eigenvalue weighted by Gasteiger charge is -2.22. The van der Waals surface area contributed by atoms with E-state index in [9.17, 15) is 24.3 Å². The van der Waals surface area contributed by atoms with E-state index in [0.29, 0.717) is 31.4 Å². The van der Waals surface area contributed by atoms with Crippen LogP contribution in [0.3, 0.4) is 0 Å². The molecular formula is C24H27N3O5. The van der Waals surface area contributed by atoms with Gasteiger partial charge in [0, 0.05) is 12.1 Å². The zero-order valence-electron chi connectivity index (χ0n) is 17.7. The molecule has 0 aliphatic carbocycles. The summed E-state index contributed by atoms with van der Waals surface area (Å²) in [5, 5.41) is 14.8. The zero-order chi connectivity index (χ0) is 22.9. The van der Waals surface area contributed by atoms with Gasteiger partial charge in [-0.25, -0.2) is 4.79 Å². The van der Waals surface area contributed by atoms with Crippen molar-refractivity contribution in [2.45, 2.75) is 31.3 Å². The van der Waals surface area contributed by atoms with Crippen molar-refractivity contribution in [2.24, 2.45) is 0 Å². The Morgan fingerprint density at radius 1 is 0.969 bits per heavy atom. The highest BCUT2D eigenvalue weighted by atomic mass is 16.4. The molecule has 0 aromatic heterocycles. The highest BCUT2D eigenvalue weighted by molar-refractivity contribution is 5.98. The molecule has 0 bridgehead atoms. The number of ketones is 1. The number of hydrogen-bond donors (Lipinski definition) is 3. The lowest BCUT2D eigenvalue weighted by molar-refractivity contribution is -0.147. The van der Waals surface area contributed by atoms with E-state index in [2.05, 4.69) is 10.6 Å². The minimum absolute atomic E-state index is 0.121. The predicted molar refractivity (Wildman–Crippen MR) is 118 cm³/mol. The third-order valence-corrected chi connectivity index (χ3v) is 5.45. The molecule has 0 saturated carbocycles. The summed E-state index contributed by atoms with van der Waals surface area (Å²) in [7, 11) is 0. The SMILES string of the molecule is O=C(NC(Cc1ccccc1)C(=O)CNCC(=O)N1CCC[C@@H]1C(=O)O)c1ccccc1. The number of benzene rings is 2. The molecule has 1 fully saturated rings. The van der Waals surface area contributed by atoms with Crippen LogP contribution in [0.15, 0.2) is 60.7 Å². The summed E-state index contributed by atoms with van der Waals surface area (Å²) in [6, 6.07) is 16.4. The number of carboxylic acid groups (broad SMARTS) is 1. The van der Waals surface area contributed by atoms with Crippen LogP contribution < -0.4 is 10.6 Å². The van der Waals surface area contributed by atoms with Crippen molar-refractivity contribution in [1.82, 2.24) is 15.5 Å². The Bertz CT molecular complexity index is 949. The van der Waals surface area contributed by atoms with Crippen LogP contribution in [0.2, 0.25) is 0 Å². The number of carbonyl (C=O) groups is 4. The number of hydrogen-bond acceptors (Lipinski definition) is 5. The smallest absolute Gasteiger partial charge is 0.326 e. The molecule has 0 spiro atoms. The summed E-state index contributed by atoms with van der Waals surface area (Å²) in [4.78, 5) is 50.5. The van der Waals surface area contributed by atoms with Crippen LogP contribution in [0, 0.1) is 0 Å². The highest BCUT2D eigenvalue weighted by Crippen LogP contribution is 2.17. The van der Waals surface area contributed by atoms with Crippen molar-refractivity contribution in [3.63, 3.8) is 0 Å². The van der Waals surface area contributed by atoms with E-state index in [4.69, 9.17) is 0 Å². The Morgan fingerprint density at radius 3 is 2.28 bits per heavy atom. The Kier molecular flexibility index (Phi) is 8.10. The fraction of sp³-hybridized carbons (Fsp3) is 0.333. The number of carboxylic acids is 1. The van der Waals surface area contributed by atoms with E-state index in [1.807, 2.05) is 30.3 Å². The molecule has 2 aromatic rings. The Labute approximate surface area is 186 Å². The topological polar surface area (TPSA) is 116 Å². The summed E-state index contributed by atoms with van der Waals surface area (Å²) in [5.41, 5.74) is 1.35. The largest absolute Gasteiger partial charge is 0.480 e. The summed E-state index contributed by atoms with van der Waals surface area (Å²) >= 11 is 0. The van der Waals surface area contributed by atoms with Gasteiger partial charge in [-0.05, 0) is 37.0 Å². The van der Waals surface area contributed by atoms with E-state index in [-0.39, 0.29) is 30.7 Å². The van der Waals surface area contributed by atoms with Crippen LogP contribution >= 0.6 is 0 Å². The quantitative estimate of drug-likeness (QED) is 0.515. The van der Waals surface area contributed by atoms with Gasteiger partial charge in [-0.2, -0.15) is 0 Å². The van der Waals surface area contributed by atoms with Crippen molar-refractivity contribution in [1.29, 1.82) is 0 Å². The maximum Gasteiger partial charge on any atom is 0.326 e. The average molecular weight is 437 g/mol. The highest BCUT2D eigenvalue weighted by Gasteiger charge is 2.33. The second kappa shape index (κ2) is 11.2. The van der Waals surface area contributed by atoms with Gasteiger partial charge in [0.1, 0.15) is 6.04 Å². The van der Waals surface area contributed by atoms with Gasteiger partial charge in [0.05, 0.1) is 19.1 Å². The van der Waals surface area contributed by atoms with Gasteiger partial charge < -0.3 is 20.6 Å². The first-order valence-corrected chi connectivity index (χ1v) is 10.6. The lowest BCUT2D eigenvalue weighted by atomic mass is 10.0. The lowest BCUT2D eigenvalue weighted by Crippen LogP contribution is -2.48. The normalized spacial score (nSPS) is 16.4. The molecule has 32 heavy (non-hydrogen) atoms. The molecule has 1 heterocycles. The summed E-state index contributed by atoms with van der Waals surface area (Å²) in [6.07, 6.45) is 1.40. The second-order valence-electron chi connectivity index (χ2n) is 7.74. The maximum atomic E-state index is 12.9. The Hall–Kier alpha value is -3.52. The van der Waals surface area contributed by atoms with Crippen molar-refractivity contribution in [2.75, 3.05) is 19.6 Å². The van der Waals surface area contributed by atoms with Gasteiger partial charge >= 0.3 is 5.97 Å². The maximum absolute atomic E-state index is 12.9. The molecule has 3 N–H and O–H groups in total. The van der Waals surface area contributed by atoms with Crippen molar-refractivity contribution in [3.05, 3.63) is 71.8 Å². The summed E-state index contributed by atoms with van der Waals surface area (Å²) in [6.45, 7) is 0.138. The molecule has 168 valence electrons. The molecule has 2 amide bonds. The standard InChI is InChI=1S/C24H27N3O5/c28-21(15-25-16-22(29)27-13-7-12-20(27)24(31)32)19(14-17-8-3-1-4-9-17)26-23(30)18-10-5-2-6-11-18/h1-6,8-11,19-20,25H,7,12-16H2,(H,26,30)(H,31,32)/t19?,20-/m1/s1. The van der Waals surface area contributed by atoms with E-state index in [0.717, 1.165) is 5.56 Å². The third kappa shape index (κ3) is 6.24. The first-order valence-electron chi connectivity index (χ1n) is 10.6. The van der Waals surface area contributed by atoms with Crippen LogP contribution in [0.1, 0.15) is 28.8 Å². The molecule has 8 heteroatoms. The molecular weight excluding hydrogens is 410 g/mol. The van der Waals surface area contributed by atoms with E-state index < -0.39 is 18.1 Å². The van der Waals surface area contributed by atoms with E-state index >= 15 is 0 Å².